The summed E-state index contributed by atoms with van der Waals surface area (Å²) in [5, 5.41) is 0. The first-order valence-corrected chi connectivity index (χ1v) is 7.27. The lowest BCUT2D eigenvalue weighted by Crippen LogP contribution is -2.40. The van der Waals surface area contributed by atoms with Crippen LogP contribution in [0.2, 0.25) is 0 Å². The molecule has 1 aromatic rings. The molecule has 0 aliphatic carbocycles. The van der Waals surface area contributed by atoms with Gasteiger partial charge in [0.25, 0.3) is 0 Å². The molecule has 0 aromatic heterocycles. The van der Waals surface area contributed by atoms with Gasteiger partial charge in [-0.2, -0.15) is 13.2 Å². The summed E-state index contributed by atoms with van der Waals surface area (Å²) in [6.45, 7) is 4.38. The predicted octanol–water partition coefficient (Wildman–Crippen LogP) is 4.12. The number of hydrogen-bond acceptors (Lipinski definition) is 2. The highest BCUT2D eigenvalue weighted by Gasteiger charge is 2.32. The summed E-state index contributed by atoms with van der Waals surface area (Å²) in [7, 11) is 0. The molecule has 0 bridgehead atoms. The Hall–Kier alpha value is -0.750. The lowest BCUT2D eigenvalue weighted by molar-refractivity contribution is -0.120. The highest BCUT2D eigenvalue weighted by molar-refractivity contribution is 9.10. The van der Waals surface area contributed by atoms with Crippen molar-refractivity contribution in [2.24, 2.45) is 5.73 Å². The summed E-state index contributed by atoms with van der Waals surface area (Å²) in [6, 6.07) is 5.03. The maximum atomic E-state index is 12.8. The molecular formula is C14H20BrF3N2. The Kier molecular flexibility index (Phi) is 5.89. The maximum absolute atomic E-state index is 12.8. The Bertz CT molecular complexity index is 445. The van der Waals surface area contributed by atoms with Crippen molar-refractivity contribution < 1.29 is 13.2 Å². The third-order valence-corrected chi connectivity index (χ3v) is 3.36. The molecule has 20 heavy (non-hydrogen) atoms. The Balaban J connectivity index is 3.20. The van der Waals surface area contributed by atoms with Crippen LogP contribution in [0.5, 0.6) is 0 Å². The molecule has 114 valence electrons. The number of hydrogen-bond donors (Lipinski definition) is 1. The summed E-state index contributed by atoms with van der Waals surface area (Å²) in [5.41, 5.74) is 7.20. The molecule has 1 unspecified atom stereocenters. The third-order valence-electron chi connectivity index (χ3n) is 2.87. The first kappa shape index (κ1) is 17.3. The fourth-order valence-corrected chi connectivity index (χ4v) is 2.41. The Morgan fingerprint density at radius 2 is 1.85 bits per heavy atom. The highest BCUT2D eigenvalue weighted by Crippen LogP contribution is 2.30. The lowest BCUT2D eigenvalue weighted by Gasteiger charge is -2.32. The smallest absolute Gasteiger partial charge is 0.360 e. The van der Waals surface area contributed by atoms with Gasteiger partial charge in [-0.1, -0.05) is 22.0 Å². The number of nitrogens with two attached hydrogens (primary N) is 1. The van der Waals surface area contributed by atoms with Crippen LogP contribution in [-0.4, -0.2) is 24.8 Å². The van der Waals surface area contributed by atoms with E-state index in [1.165, 1.54) is 4.90 Å². The zero-order valence-corrected chi connectivity index (χ0v) is 13.4. The second-order valence-electron chi connectivity index (χ2n) is 5.29. The van der Waals surface area contributed by atoms with Gasteiger partial charge in [0.15, 0.2) is 0 Å². The number of benzene rings is 1. The van der Waals surface area contributed by atoms with Gasteiger partial charge in [-0.3, -0.25) is 0 Å². The van der Waals surface area contributed by atoms with E-state index in [1.54, 1.807) is 19.9 Å². The summed E-state index contributed by atoms with van der Waals surface area (Å²) < 4.78 is 39.1. The summed E-state index contributed by atoms with van der Waals surface area (Å²) in [6.07, 6.45) is -3.69. The molecule has 0 heterocycles. The number of anilines is 1. The molecule has 1 rings (SSSR count). The van der Waals surface area contributed by atoms with Crippen molar-refractivity contribution in [2.45, 2.75) is 45.5 Å². The minimum absolute atomic E-state index is 0.102. The molecule has 0 fully saturated rings. The van der Waals surface area contributed by atoms with E-state index in [0.29, 0.717) is 12.1 Å². The normalized spacial score (nSPS) is 13.7. The second kappa shape index (κ2) is 6.80. The molecule has 0 saturated carbocycles. The molecule has 6 heteroatoms. The highest BCUT2D eigenvalue weighted by atomic mass is 79.9. The zero-order valence-electron chi connectivity index (χ0n) is 11.8. The van der Waals surface area contributed by atoms with E-state index in [-0.39, 0.29) is 12.1 Å². The molecule has 1 atom stereocenters. The van der Waals surface area contributed by atoms with Gasteiger partial charge in [-0.25, -0.2) is 0 Å². The number of rotatable bonds is 5. The molecule has 0 saturated heterocycles. The zero-order chi connectivity index (χ0) is 15.5. The molecule has 0 radical (unpaired) electrons. The van der Waals surface area contributed by atoms with Crippen molar-refractivity contribution in [1.29, 1.82) is 0 Å². The average molecular weight is 353 g/mol. The molecule has 0 spiro atoms. The van der Waals surface area contributed by atoms with Crippen LogP contribution in [0.15, 0.2) is 22.7 Å². The van der Waals surface area contributed by atoms with Crippen LogP contribution in [0.4, 0.5) is 18.9 Å². The fraction of sp³-hybridized carbons (Fsp3) is 0.571. The van der Waals surface area contributed by atoms with Crippen LogP contribution < -0.4 is 10.6 Å². The molecule has 2 nitrogen and oxygen atoms in total. The van der Waals surface area contributed by atoms with Crippen LogP contribution >= 0.6 is 15.9 Å². The molecule has 0 aliphatic rings. The van der Waals surface area contributed by atoms with Gasteiger partial charge >= 0.3 is 6.18 Å². The van der Waals surface area contributed by atoms with E-state index in [0.717, 1.165) is 10.0 Å². The van der Waals surface area contributed by atoms with Crippen molar-refractivity contribution in [3.8, 4) is 0 Å². The maximum Gasteiger partial charge on any atom is 0.405 e. The van der Waals surface area contributed by atoms with Crippen molar-refractivity contribution in [3.63, 3.8) is 0 Å². The van der Waals surface area contributed by atoms with Gasteiger partial charge in [0.2, 0.25) is 0 Å². The van der Waals surface area contributed by atoms with E-state index in [1.807, 2.05) is 19.1 Å². The topological polar surface area (TPSA) is 29.3 Å². The number of alkyl halides is 3. The summed E-state index contributed by atoms with van der Waals surface area (Å²) in [5.74, 6) is 0. The van der Waals surface area contributed by atoms with E-state index in [2.05, 4.69) is 15.9 Å². The van der Waals surface area contributed by atoms with Gasteiger partial charge in [0, 0.05) is 22.2 Å². The van der Waals surface area contributed by atoms with Crippen LogP contribution in [0, 0.1) is 0 Å². The Morgan fingerprint density at radius 1 is 1.25 bits per heavy atom. The van der Waals surface area contributed by atoms with E-state index in [9.17, 15) is 13.2 Å². The van der Waals surface area contributed by atoms with Crippen LogP contribution in [0.1, 0.15) is 26.3 Å². The van der Waals surface area contributed by atoms with Gasteiger partial charge in [-0.05, 0) is 44.9 Å². The van der Waals surface area contributed by atoms with Crippen molar-refractivity contribution >= 4 is 21.6 Å². The van der Waals surface area contributed by atoms with Gasteiger partial charge in [0.05, 0.1) is 0 Å². The molecule has 1 aromatic carbocycles. The summed E-state index contributed by atoms with van der Waals surface area (Å²) >= 11 is 3.32. The van der Waals surface area contributed by atoms with Crippen molar-refractivity contribution in [3.05, 3.63) is 28.2 Å². The van der Waals surface area contributed by atoms with Crippen LogP contribution in [-0.2, 0) is 6.42 Å². The van der Waals surface area contributed by atoms with Gasteiger partial charge in [0.1, 0.15) is 6.54 Å². The standard InChI is InChI=1S/C14H20BrF3N2/c1-9(2)20(8-14(16,17)18)13-7-12(15)5-4-11(13)6-10(3)19/h4-5,7,9-10H,6,8,19H2,1-3H3. The van der Waals surface area contributed by atoms with E-state index in [4.69, 9.17) is 5.73 Å². The van der Waals surface area contributed by atoms with Gasteiger partial charge in [-0.15, -0.1) is 0 Å². The Labute approximate surface area is 126 Å². The average Bonchev–Trinajstić information content (AvgIpc) is 2.26. The Morgan fingerprint density at radius 3 is 2.30 bits per heavy atom. The first-order valence-electron chi connectivity index (χ1n) is 6.47. The van der Waals surface area contributed by atoms with Gasteiger partial charge < -0.3 is 10.6 Å². The molecular weight excluding hydrogens is 333 g/mol. The molecule has 0 aliphatic heterocycles. The van der Waals surface area contributed by atoms with Crippen molar-refractivity contribution in [1.82, 2.24) is 0 Å². The number of halogens is 4. The minimum atomic E-state index is -4.24. The van der Waals surface area contributed by atoms with Crippen LogP contribution in [0.3, 0.4) is 0 Å². The molecule has 2 N–H and O–H groups in total. The predicted molar refractivity (Wildman–Crippen MR) is 80.0 cm³/mol. The SMILES string of the molecule is CC(N)Cc1ccc(Br)cc1N(CC(F)(F)F)C(C)C. The lowest BCUT2D eigenvalue weighted by atomic mass is 10.0. The second-order valence-corrected chi connectivity index (χ2v) is 6.21. The monoisotopic (exact) mass is 352 g/mol. The number of nitrogens with zero attached hydrogens (tertiary/aromatic N) is 1. The molecule has 0 amide bonds. The first-order chi connectivity index (χ1) is 9.10. The largest absolute Gasteiger partial charge is 0.405 e. The van der Waals surface area contributed by atoms with E-state index >= 15 is 0 Å². The van der Waals surface area contributed by atoms with E-state index < -0.39 is 12.7 Å². The fourth-order valence-electron chi connectivity index (χ4n) is 2.06. The summed E-state index contributed by atoms with van der Waals surface area (Å²) in [4.78, 5) is 1.36. The van der Waals surface area contributed by atoms with Crippen LogP contribution in [0.25, 0.3) is 0 Å². The van der Waals surface area contributed by atoms with Crippen molar-refractivity contribution in [2.75, 3.05) is 11.4 Å². The third kappa shape index (κ3) is 5.32. The quantitative estimate of drug-likeness (QED) is 0.863. The minimum Gasteiger partial charge on any atom is -0.360 e.